The number of nitrogens with zero attached hydrogens (tertiary/aromatic N) is 2. The molecule has 120 valence electrons. The molecule has 6 heteroatoms. The van der Waals surface area contributed by atoms with Crippen LogP contribution >= 0.6 is 11.6 Å². The SMILES string of the molecule is C[C@@H]1CN(c2cccc(Cl)c2)C(=O)CN1C(=O)OC(C)(C)C. The van der Waals surface area contributed by atoms with Crippen molar-refractivity contribution in [2.75, 3.05) is 18.0 Å². The Kier molecular flexibility index (Phi) is 4.66. The smallest absolute Gasteiger partial charge is 0.411 e. The number of ether oxygens (including phenoxy) is 1. The van der Waals surface area contributed by atoms with Crippen LogP contribution in [0.15, 0.2) is 24.3 Å². The fraction of sp³-hybridized carbons (Fsp3) is 0.500. The summed E-state index contributed by atoms with van der Waals surface area (Å²) in [5.41, 5.74) is 0.164. The van der Waals surface area contributed by atoms with Gasteiger partial charge in [-0.2, -0.15) is 0 Å². The van der Waals surface area contributed by atoms with Crippen LogP contribution in [0, 0.1) is 0 Å². The third-order valence-electron chi connectivity index (χ3n) is 3.33. The van der Waals surface area contributed by atoms with Crippen molar-refractivity contribution in [3.8, 4) is 0 Å². The van der Waals surface area contributed by atoms with Crippen LogP contribution in [0.5, 0.6) is 0 Å². The van der Waals surface area contributed by atoms with Crippen molar-refractivity contribution in [2.24, 2.45) is 0 Å². The van der Waals surface area contributed by atoms with Crippen molar-refractivity contribution in [1.82, 2.24) is 4.90 Å². The topological polar surface area (TPSA) is 49.9 Å². The summed E-state index contributed by atoms with van der Waals surface area (Å²) >= 11 is 5.98. The zero-order valence-corrected chi connectivity index (χ0v) is 14.1. The molecule has 0 bridgehead atoms. The van der Waals surface area contributed by atoms with E-state index in [4.69, 9.17) is 16.3 Å². The lowest BCUT2D eigenvalue weighted by atomic mass is 10.1. The molecule has 0 aliphatic carbocycles. The number of benzene rings is 1. The van der Waals surface area contributed by atoms with E-state index in [9.17, 15) is 9.59 Å². The number of piperazine rings is 1. The summed E-state index contributed by atoms with van der Waals surface area (Å²) in [6.45, 7) is 7.73. The lowest BCUT2D eigenvalue weighted by Crippen LogP contribution is -2.57. The predicted molar refractivity (Wildman–Crippen MR) is 86.2 cm³/mol. The molecule has 1 atom stereocenters. The maximum atomic E-state index is 12.4. The molecule has 2 rings (SSSR count). The molecule has 1 aromatic rings. The van der Waals surface area contributed by atoms with E-state index in [1.807, 2.05) is 13.0 Å². The number of rotatable bonds is 1. The molecule has 0 N–H and O–H groups in total. The van der Waals surface area contributed by atoms with Gasteiger partial charge in [-0.15, -0.1) is 0 Å². The van der Waals surface area contributed by atoms with Crippen molar-refractivity contribution >= 4 is 29.3 Å². The minimum atomic E-state index is -0.579. The molecule has 1 aromatic carbocycles. The van der Waals surface area contributed by atoms with Gasteiger partial charge in [0.25, 0.3) is 0 Å². The Morgan fingerprint density at radius 3 is 2.64 bits per heavy atom. The molecule has 22 heavy (non-hydrogen) atoms. The number of hydrogen-bond acceptors (Lipinski definition) is 3. The number of amides is 2. The normalized spacial score (nSPS) is 19.3. The standard InChI is InChI=1S/C16H21ClN2O3/c1-11-9-19(13-7-5-6-12(17)8-13)14(20)10-18(11)15(21)22-16(2,3)4/h5-8,11H,9-10H2,1-4H3/t11-/m1/s1. The molecule has 1 fully saturated rings. The van der Waals surface area contributed by atoms with Crippen molar-refractivity contribution in [3.05, 3.63) is 29.3 Å². The Morgan fingerprint density at radius 1 is 1.36 bits per heavy atom. The van der Waals surface area contributed by atoms with E-state index in [2.05, 4.69) is 0 Å². The Morgan fingerprint density at radius 2 is 2.05 bits per heavy atom. The summed E-state index contributed by atoms with van der Waals surface area (Å²) in [5.74, 6) is -0.147. The van der Waals surface area contributed by atoms with E-state index in [1.54, 1.807) is 43.9 Å². The third kappa shape index (κ3) is 3.91. The zero-order chi connectivity index (χ0) is 16.5. The molecule has 0 radical (unpaired) electrons. The minimum absolute atomic E-state index is 0.00257. The molecule has 0 spiro atoms. The summed E-state index contributed by atoms with van der Waals surface area (Å²) < 4.78 is 5.35. The highest BCUT2D eigenvalue weighted by molar-refractivity contribution is 6.30. The van der Waals surface area contributed by atoms with Gasteiger partial charge in [0.2, 0.25) is 5.91 Å². The van der Waals surface area contributed by atoms with Crippen LogP contribution in [0.1, 0.15) is 27.7 Å². The highest BCUT2D eigenvalue weighted by Crippen LogP contribution is 2.24. The fourth-order valence-corrected chi connectivity index (χ4v) is 2.49. The number of halogens is 1. The summed E-state index contributed by atoms with van der Waals surface area (Å²) in [6, 6.07) is 7.01. The van der Waals surface area contributed by atoms with Crippen molar-refractivity contribution in [2.45, 2.75) is 39.3 Å². The molecule has 5 nitrogen and oxygen atoms in total. The maximum Gasteiger partial charge on any atom is 0.411 e. The quantitative estimate of drug-likeness (QED) is 0.796. The van der Waals surface area contributed by atoms with Gasteiger partial charge >= 0.3 is 6.09 Å². The Labute approximate surface area is 135 Å². The summed E-state index contributed by atoms with van der Waals surface area (Å²) in [5, 5.41) is 0.576. The van der Waals surface area contributed by atoms with Gasteiger partial charge in [0.05, 0.1) is 6.04 Å². The van der Waals surface area contributed by atoms with Crippen LogP contribution < -0.4 is 4.90 Å². The molecule has 0 aromatic heterocycles. The lowest BCUT2D eigenvalue weighted by Gasteiger charge is -2.39. The van der Waals surface area contributed by atoms with Gasteiger partial charge in [-0.05, 0) is 45.9 Å². The summed E-state index contributed by atoms with van der Waals surface area (Å²) in [7, 11) is 0. The largest absolute Gasteiger partial charge is 0.444 e. The molecule has 1 saturated heterocycles. The van der Waals surface area contributed by atoms with Gasteiger partial charge in [0, 0.05) is 17.3 Å². The van der Waals surface area contributed by atoms with Crippen LogP contribution in [0.25, 0.3) is 0 Å². The molecule has 1 aliphatic heterocycles. The van der Waals surface area contributed by atoms with E-state index < -0.39 is 11.7 Å². The van der Waals surface area contributed by atoms with Crippen LogP contribution in [0.3, 0.4) is 0 Å². The monoisotopic (exact) mass is 324 g/mol. The first-order valence-corrected chi connectivity index (χ1v) is 7.61. The van der Waals surface area contributed by atoms with Crippen LogP contribution in [0.2, 0.25) is 5.02 Å². The molecular weight excluding hydrogens is 304 g/mol. The highest BCUT2D eigenvalue weighted by Gasteiger charge is 2.35. The second-order valence-corrected chi connectivity index (χ2v) is 6.88. The first kappa shape index (κ1) is 16.6. The van der Waals surface area contributed by atoms with Crippen LogP contribution in [-0.4, -0.2) is 41.6 Å². The minimum Gasteiger partial charge on any atom is -0.444 e. The molecule has 0 saturated carbocycles. The molecule has 2 amide bonds. The van der Waals surface area contributed by atoms with E-state index in [-0.39, 0.29) is 18.5 Å². The Hall–Kier alpha value is -1.75. The summed E-state index contributed by atoms with van der Waals surface area (Å²) in [4.78, 5) is 27.7. The molecule has 1 aliphatic rings. The van der Waals surface area contributed by atoms with Gasteiger partial charge in [0.1, 0.15) is 12.1 Å². The first-order valence-electron chi connectivity index (χ1n) is 7.23. The summed E-state index contributed by atoms with van der Waals surface area (Å²) in [6.07, 6.45) is -0.459. The van der Waals surface area contributed by atoms with Gasteiger partial charge < -0.3 is 9.64 Å². The van der Waals surface area contributed by atoms with E-state index >= 15 is 0 Å². The average Bonchev–Trinajstić information content (AvgIpc) is 2.39. The van der Waals surface area contributed by atoms with E-state index in [0.29, 0.717) is 11.6 Å². The second kappa shape index (κ2) is 6.16. The van der Waals surface area contributed by atoms with Gasteiger partial charge in [-0.3, -0.25) is 9.69 Å². The lowest BCUT2D eigenvalue weighted by molar-refractivity contribution is -0.122. The number of carbonyl (C=O) groups is 2. The van der Waals surface area contributed by atoms with Crippen LogP contribution in [0.4, 0.5) is 10.5 Å². The zero-order valence-electron chi connectivity index (χ0n) is 13.3. The first-order chi connectivity index (χ1) is 10.2. The maximum absolute atomic E-state index is 12.4. The van der Waals surface area contributed by atoms with Crippen molar-refractivity contribution in [1.29, 1.82) is 0 Å². The number of hydrogen-bond donors (Lipinski definition) is 0. The Bertz CT molecular complexity index is 583. The third-order valence-corrected chi connectivity index (χ3v) is 3.57. The number of carbonyl (C=O) groups excluding carboxylic acids is 2. The predicted octanol–water partition coefficient (Wildman–Crippen LogP) is 3.31. The average molecular weight is 325 g/mol. The second-order valence-electron chi connectivity index (χ2n) is 6.44. The van der Waals surface area contributed by atoms with E-state index in [0.717, 1.165) is 5.69 Å². The Balaban J connectivity index is 2.12. The van der Waals surface area contributed by atoms with Crippen molar-refractivity contribution < 1.29 is 14.3 Å². The fourth-order valence-electron chi connectivity index (χ4n) is 2.31. The van der Waals surface area contributed by atoms with E-state index in [1.165, 1.54) is 4.90 Å². The van der Waals surface area contributed by atoms with Gasteiger partial charge in [0.15, 0.2) is 0 Å². The van der Waals surface area contributed by atoms with Gasteiger partial charge in [-0.1, -0.05) is 17.7 Å². The van der Waals surface area contributed by atoms with Crippen LogP contribution in [-0.2, 0) is 9.53 Å². The molecular formula is C16H21ClN2O3. The number of anilines is 1. The highest BCUT2D eigenvalue weighted by atomic mass is 35.5. The molecule has 1 heterocycles. The molecule has 0 unspecified atom stereocenters. The van der Waals surface area contributed by atoms with Gasteiger partial charge in [-0.25, -0.2) is 4.79 Å². The van der Waals surface area contributed by atoms with Crippen molar-refractivity contribution in [3.63, 3.8) is 0 Å².